The third kappa shape index (κ3) is 3.96. The molecule has 26 heavy (non-hydrogen) atoms. The number of H-pyrrole nitrogens is 1. The maximum atomic E-state index is 12.1. The fourth-order valence-corrected chi connectivity index (χ4v) is 4.19. The van der Waals surface area contributed by atoms with Crippen LogP contribution in [0.3, 0.4) is 0 Å². The first kappa shape index (κ1) is 18.6. The predicted octanol–water partition coefficient (Wildman–Crippen LogP) is 1.52. The Kier molecular flexibility index (Phi) is 5.73. The molecule has 0 saturated heterocycles. The second kappa shape index (κ2) is 8.01. The number of ketones is 1. The summed E-state index contributed by atoms with van der Waals surface area (Å²) in [5, 5.41) is 4.64. The second-order valence-electron chi connectivity index (χ2n) is 6.09. The molecule has 2 aromatic rings. The minimum absolute atomic E-state index is 0.0455. The van der Waals surface area contributed by atoms with Gasteiger partial charge in [-0.05, 0) is 37.1 Å². The van der Waals surface area contributed by atoms with E-state index in [0.29, 0.717) is 28.3 Å². The predicted molar refractivity (Wildman–Crippen MR) is 99.3 cm³/mol. The largest absolute Gasteiger partial charge is 0.349 e. The van der Waals surface area contributed by atoms with Crippen molar-refractivity contribution in [2.45, 2.75) is 38.6 Å². The minimum atomic E-state index is -0.495. The van der Waals surface area contributed by atoms with Crippen LogP contribution >= 0.6 is 22.9 Å². The summed E-state index contributed by atoms with van der Waals surface area (Å²) in [5.41, 5.74) is 0.534. The van der Waals surface area contributed by atoms with Gasteiger partial charge >= 0.3 is 5.69 Å². The number of carbonyl (C=O) groups is 2. The number of fused-ring (bicyclic) bond motifs is 1. The molecule has 2 N–H and O–H groups in total. The van der Waals surface area contributed by atoms with Gasteiger partial charge in [0.15, 0.2) is 5.78 Å². The Morgan fingerprint density at radius 3 is 2.77 bits per heavy atom. The highest BCUT2D eigenvalue weighted by Gasteiger charge is 2.19. The number of hydrogen-bond acceptors (Lipinski definition) is 5. The van der Waals surface area contributed by atoms with Crippen molar-refractivity contribution < 1.29 is 9.59 Å². The van der Waals surface area contributed by atoms with E-state index in [1.807, 2.05) is 0 Å². The zero-order valence-corrected chi connectivity index (χ0v) is 15.5. The van der Waals surface area contributed by atoms with Crippen LogP contribution in [0, 0.1) is 0 Å². The Hall–Kier alpha value is -2.19. The van der Waals surface area contributed by atoms with Gasteiger partial charge in [-0.25, -0.2) is 4.79 Å². The molecule has 9 heteroatoms. The summed E-state index contributed by atoms with van der Waals surface area (Å²) < 4.78 is 1.47. The fraction of sp³-hybridized carbons (Fsp3) is 0.412. The molecule has 138 valence electrons. The van der Waals surface area contributed by atoms with Crippen LogP contribution in [0.15, 0.2) is 21.0 Å². The van der Waals surface area contributed by atoms with Gasteiger partial charge in [0.2, 0.25) is 5.91 Å². The summed E-state index contributed by atoms with van der Waals surface area (Å²) in [4.78, 5) is 50.8. The standard InChI is InChI=1S/C17H18ClN3O4S/c18-11-6-8-26-15(11)13(22)9-19-14(23)5-7-21-12-4-2-1-3-10(12)16(24)20-17(21)25/h6,8H,1-5,7,9H2,(H,19,23)(H,20,24,25). The first-order valence-electron chi connectivity index (χ1n) is 8.35. The number of halogens is 1. The monoisotopic (exact) mass is 395 g/mol. The molecule has 0 aromatic carbocycles. The van der Waals surface area contributed by atoms with Gasteiger partial charge in [0.25, 0.3) is 5.56 Å². The first-order valence-corrected chi connectivity index (χ1v) is 9.61. The quantitative estimate of drug-likeness (QED) is 0.724. The Balaban J connectivity index is 1.62. The van der Waals surface area contributed by atoms with Gasteiger partial charge in [0.1, 0.15) is 0 Å². The van der Waals surface area contributed by atoms with Gasteiger partial charge in [0.05, 0.1) is 16.4 Å². The van der Waals surface area contributed by atoms with Crippen LogP contribution < -0.4 is 16.6 Å². The Morgan fingerprint density at radius 1 is 1.27 bits per heavy atom. The number of amides is 1. The number of rotatable bonds is 6. The van der Waals surface area contributed by atoms with Gasteiger partial charge < -0.3 is 5.32 Å². The summed E-state index contributed by atoms with van der Waals surface area (Å²) in [6, 6.07) is 1.63. The number of thiophene rings is 1. The summed E-state index contributed by atoms with van der Waals surface area (Å²) in [7, 11) is 0. The van der Waals surface area contributed by atoms with Gasteiger partial charge in [-0.2, -0.15) is 0 Å². The van der Waals surface area contributed by atoms with E-state index in [0.717, 1.165) is 18.5 Å². The molecule has 0 saturated carbocycles. The molecule has 1 aliphatic rings. The molecule has 0 fully saturated rings. The smallest absolute Gasteiger partial charge is 0.328 e. The molecule has 0 bridgehead atoms. The van der Waals surface area contributed by atoms with Crippen LogP contribution in [0.5, 0.6) is 0 Å². The van der Waals surface area contributed by atoms with E-state index < -0.39 is 5.69 Å². The Morgan fingerprint density at radius 2 is 2.04 bits per heavy atom. The van der Waals surface area contributed by atoms with E-state index >= 15 is 0 Å². The second-order valence-corrected chi connectivity index (χ2v) is 7.41. The van der Waals surface area contributed by atoms with Crippen molar-refractivity contribution in [3.8, 4) is 0 Å². The van der Waals surface area contributed by atoms with E-state index in [2.05, 4.69) is 10.3 Å². The topological polar surface area (TPSA) is 101 Å². The normalized spacial score (nSPS) is 13.3. The van der Waals surface area contributed by atoms with Crippen molar-refractivity contribution >= 4 is 34.6 Å². The molecule has 0 unspecified atom stereocenters. The minimum Gasteiger partial charge on any atom is -0.349 e. The highest BCUT2D eigenvalue weighted by Crippen LogP contribution is 2.22. The van der Waals surface area contributed by atoms with Crippen LogP contribution in [0.25, 0.3) is 0 Å². The zero-order valence-electron chi connectivity index (χ0n) is 14.0. The number of aromatic nitrogens is 2. The number of aromatic amines is 1. The molecular formula is C17H18ClN3O4S. The molecule has 0 atom stereocenters. The van der Waals surface area contributed by atoms with Crippen molar-refractivity contribution in [1.82, 2.24) is 14.9 Å². The lowest BCUT2D eigenvalue weighted by molar-refractivity contribution is -0.121. The van der Waals surface area contributed by atoms with Gasteiger partial charge in [0, 0.05) is 24.2 Å². The maximum absolute atomic E-state index is 12.1. The first-order chi connectivity index (χ1) is 12.5. The average molecular weight is 396 g/mol. The molecule has 2 heterocycles. The number of nitrogens with zero attached hydrogens (tertiary/aromatic N) is 1. The van der Waals surface area contributed by atoms with Crippen LogP contribution in [-0.4, -0.2) is 27.8 Å². The fourth-order valence-electron chi connectivity index (χ4n) is 3.08. The van der Waals surface area contributed by atoms with E-state index in [4.69, 9.17) is 11.6 Å². The summed E-state index contributed by atoms with van der Waals surface area (Å²) >= 11 is 7.12. The zero-order chi connectivity index (χ0) is 18.7. The van der Waals surface area contributed by atoms with Crippen LogP contribution in [-0.2, 0) is 24.2 Å². The third-order valence-corrected chi connectivity index (χ3v) is 5.77. The highest BCUT2D eigenvalue weighted by atomic mass is 35.5. The molecule has 2 aromatic heterocycles. The third-order valence-electron chi connectivity index (χ3n) is 4.38. The molecule has 1 amide bonds. The molecule has 0 spiro atoms. The number of hydrogen-bond donors (Lipinski definition) is 2. The SMILES string of the molecule is O=C(CCn1c2c(c(=O)[nH]c1=O)CCCC2)NCC(=O)c1sccc1Cl. The van der Waals surface area contributed by atoms with E-state index in [1.54, 1.807) is 11.4 Å². The summed E-state index contributed by atoms with van der Waals surface area (Å²) in [6.07, 6.45) is 3.18. The molecule has 1 aliphatic carbocycles. The summed E-state index contributed by atoms with van der Waals surface area (Å²) in [6.45, 7) is 0.0232. The molecule has 3 rings (SSSR count). The number of nitrogens with one attached hydrogen (secondary N) is 2. The van der Waals surface area contributed by atoms with Crippen LogP contribution in [0.4, 0.5) is 0 Å². The van der Waals surface area contributed by atoms with Gasteiger partial charge in [-0.3, -0.25) is 23.9 Å². The van der Waals surface area contributed by atoms with E-state index in [9.17, 15) is 19.2 Å². The van der Waals surface area contributed by atoms with Crippen LogP contribution in [0.1, 0.15) is 40.2 Å². The number of carbonyl (C=O) groups excluding carboxylic acids is 2. The van der Waals surface area contributed by atoms with Gasteiger partial charge in [-0.15, -0.1) is 11.3 Å². The van der Waals surface area contributed by atoms with Crippen molar-refractivity contribution in [3.63, 3.8) is 0 Å². The van der Waals surface area contributed by atoms with Crippen molar-refractivity contribution in [2.75, 3.05) is 6.54 Å². The lowest BCUT2D eigenvalue weighted by Crippen LogP contribution is -2.38. The molecule has 0 radical (unpaired) electrons. The summed E-state index contributed by atoms with van der Waals surface area (Å²) in [5.74, 6) is -0.592. The van der Waals surface area contributed by atoms with Crippen molar-refractivity contribution in [1.29, 1.82) is 0 Å². The average Bonchev–Trinajstić information content (AvgIpc) is 3.05. The maximum Gasteiger partial charge on any atom is 0.328 e. The Bertz CT molecular complexity index is 960. The number of Topliss-reactive ketones (excluding diaryl/α,β-unsaturated/α-hetero) is 1. The Labute approximate surface area is 158 Å². The molecular weight excluding hydrogens is 378 g/mol. The lowest BCUT2D eigenvalue weighted by Gasteiger charge is -2.19. The van der Waals surface area contributed by atoms with E-state index in [1.165, 1.54) is 15.9 Å². The van der Waals surface area contributed by atoms with Crippen molar-refractivity contribution in [2.24, 2.45) is 0 Å². The van der Waals surface area contributed by atoms with Gasteiger partial charge in [-0.1, -0.05) is 11.6 Å². The lowest BCUT2D eigenvalue weighted by atomic mass is 9.97. The van der Waals surface area contributed by atoms with E-state index in [-0.39, 0.29) is 36.8 Å². The molecule has 7 nitrogen and oxygen atoms in total. The van der Waals surface area contributed by atoms with Crippen molar-refractivity contribution in [3.05, 3.63) is 53.4 Å². The highest BCUT2D eigenvalue weighted by molar-refractivity contribution is 7.12. The van der Waals surface area contributed by atoms with Crippen LogP contribution in [0.2, 0.25) is 5.02 Å². The molecule has 0 aliphatic heterocycles.